The van der Waals surface area contributed by atoms with Gasteiger partial charge >= 0.3 is 0 Å². The molecule has 0 atom stereocenters. The van der Waals surface area contributed by atoms with Gasteiger partial charge in [0.05, 0.1) is 6.54 Å². The van der Waals surface area contributed by atoms with Crippen molar-refractivity contribution in [3.8, 4) is 0 Å². The highest BCUT2D eigenvalue weighted by Crippen LogP contribution is 2.12. The van der Waals surface area contributed by atoms with Crippen LogP contribution >= 0.6 is 0 Å². The Hall–Kier alpha value is -2.11. The van der Waals surface area contributed by atoms with Gasteiger partial charge in [-0.05, 0) is 13.0 Å². The van der Waals surface area contributed by atoms with Crippen LogP contribution in [-0.4, -0.2) is 26.8 Å². The van der Waals surface area contributed by atoms with E-state index in [2.05, 4.69) is 32.7 Å². The molecule has 0 aliphatic heterocycles. The van der Waals surface area contributed by atoms with Gasteiger partial charge in [0.25, 0.3) is 0 Å². The van der Waals surface area contributed by atoms with Crippen LogP contribution in [0, 0.1) is 0 Å². The zero-order valence-electron chi connectivity index (χ0n) is 10.0. The highest BCUT2D eigenvalue weighted by Gasteiger charge is 2.02. The maximum absolute atomic E-state index is 4.15. The van der Waals surface area contributed by atoms with Gasteiger partial charge in [-0.15, -0.1) is 10.2 Å². The summed E-state index contributed by atoms with van der Waals surface area (Å²) in [5.41, 5.74) is 1.01. The Morgan fingerprint density at radius 2 is 2.29 bits per heavy atom. The standard InChI is InChI=1S/C11H16N6/c1-3-17-8-15-16-11(17)7-14-9-4-5-13-10(6-9)12-2/h4-6,8H,3,7H2,1-2H3,(H2,12,13,14). The predicted molar refractivity (Wildman–Crippen MR) is 66.8 cm³/mol. The SMILES string of the molecule is CCn1cnnc1CNc1ccnc(NC)c1. The van der Waals surface area contributed by atoms with Crippen molar-refractivity contribution in [2.75, 3.05) is 17.7 Å². The number of hydrogen-bond acceptors (Lipinski definition) is 5. The van der Waals surface area contributed by atoms with Crippen LogP contribution in [0.3, 0.4) is 0 Å². The molecule has 0 aromatic carbocycles. The molecule has 17 heavy (non-hydrogen) atoms. The number of nitrogens with one attached hydrogen (secondary N) is 2. The zero-order valence-corrected chi connectivity index (χ0v) is 10.0. The van der Waals surface area contributed by atoms with E-state index >= 15 is 0 Å². The quantitative estimate of drug-likeness (QED) is 0.814. The third kappa shape index (κ3) is 2.72. The second kappa shape index (κ2) is 5.29. The fraction of sp³-hybridized carbons (Fsp3) is 0.364. The molecule has 6 nitrogen and oxygen atoms in total. The van der Waals surface area contributed by atoms with Crippen LogP contribution in [0.25, 0.3) is 0 Å². The van der Waals surface area contributed by atoms with E-state index in [1.165, 1.54) is 0 Å². The van der Waals surface area contributed by atoms with Crippen molar-refractivity contribution in [1.29, 1.82) is 0 Å². The number of nitrogens with zero attached hydrogens (tertiary/aromatic N) is 4. The first-order valence-corrected chi connectivity index (χ1v) is 5.58. The van der Waals surface area contributed by atoms with Crippen molar-refractivity contribution in [3.63, 3.8) is 0 Å². The average molecular weight is 232 g/mol. The van der Waals surface area contributed by atoms with E-state index in [9.17, 15) is 0 Å². The first kappa shape index (κ1) is 11.4. The summed E-state index contributed by atoms with van der Waals surface area (Å²) in [5, 5.41) is 14.2. The van der Waals surface area contributed by atoms with Gasteiger partial charge in [-0.2, -0.15) is 0 Å². The van der Waals surface area contributed by atoms with Crippen LogP contribution < -0.4 is 10.6 Å². The maximum Gasteiger partial charge on any atom is 0.152 e. The highest BCUT2D eigenvalue weighted by molar-refractivity contribution is 5.51. The van der Waals surface area contributed by atoms with E-state index in [1.54, 1.807) is 12.5 Å². The average Bonchev–Trinajstić information content (AvgIpc) is 2.84. The second-order valence-corrected chi connectivity index (χ2v) is 3.57. The molecular weight excluding hydrogens is 216 g/mol. The monoisotopic (exact) mass is 232 g/mol. The summed E-state index contributed by atoms with van der Waals surface area (Å²) in [6, 6.07) is 3.88. The lowest BCUT2D eigenvalue weighted by Crippen LogP contribution is -2.07. The third-order valence-corrected chi connectivity index (χ3v) is 2.50. The molecule has 0 spiro atoms. The largest absolute Gasteiger partial charge is 0.378 e. The Bertz CT molecular complexity index is 478. The van der Waals surface area contributed by atoms with E-state index in [1.807, 2.05) is 23.7 Å². The summed E-state index contributed by atoms with van der Waals surface area (Å²) in [4.78, 5) is 4.15. The smallest absolute Gasteiger partial charge is 0.152 e. The summed E-state index contributed by atoms with van der Waals surface area (Å²) in [6.07, 6.45) is 3.50. The second-order valence-electron chi connectivity index (χ2n) is 3.57. The van der Waals surface area contributed by atoms with Crippen LogP contribution in [0.2, 0.25) is 0 Å². The van der Waals surface area contributed by atoms with Gasteiger partial charge in [0.15, 0.2) is 5.82 Å². The Morgan fingerprint density at radius 1 is 1.41 bits per heavy atom. The minimum absolute atomic E-state index is 0.654. The van der Waals surface area contributed by atoms with E-state index < -0.39 is 0 Å². The number of aryl methyl sites for hydroxylation is 1. The summed E-state index contributed by atoms with van der Waals surface area (Å²) >= 11 is 0. The van der Waals surface area contributed by atoms with Crippen LogP contribution in [0.15, 0.2) is 24.7 Å². The van der Waals surface area contributed by atoms with Gasteiger partial charge in [-0.1, -0.05) is 0 Å². The summed E-state index contributed by atoms with van der Waals surface area (Å²) < 4.78 is 2.01. The molecule has 2 N–H and O–H groups in total. The molecule has 2 aromatic rings. The first-order valence-electron chi connectivity index (χ1n) is 5.58. The van der Waals surface area contributed by atoms with Gasteiger partial charge in [0, 0.05) is 31.5 Å². The molecule has 6 heteroatoms. The van der Waals surface area contributed by atoms with Crippen molar-refractivity contribution < 1.29 is 0 Å². The molecule has 0 fully saturated rings. The third-order valence-electron chi connectivity index (χ3n) is 2.50. The molecule has 0 bridgehead atoms. The van der Waals surface area contributed by atoms with E-state index in [-0.39, 0.29) is 0 Å². The summed E-state index contributed by atoms with van der Waals surface area (Å²) in [7, 11) is 1.85. The number of aromatic nitrogens is 4. The number of hydrogen-bond donors (Lipinski definition) is 2. The fourth-order valence-corrected chi connectivity index (χ4v) is 1.54. The molecule has 0 aliphatic rings. The van der Waals surface area contributed by atoms with Crippen LogP contribution in [0.5, 0.6) is 0 Å². The molecule has 0 amide bonds. The normalized spacial score (nSPS) is 10.2. The molecular formula is C11H16N6. The molecule has 2 heterocycles. The molecule has 2 aromatic heterocycles. The lowest BCUT2D eigenvalue weighted by atomic mass is 10.3. The van der Waals surface area contributed by atoms with E-state index in [0.717, 1.165) is 23.9 Å². The molecule has 2 rings (SSSR count). The molecule has 0 aliphatic carbocycles. The van der Waals surface area contributed by atoms with Gasteiger partial charge < -0.3 is 15.2 Å². The van der Waals surface area contributed by atoms with Crippen molar-refractivity contribution in [1.82, 2.24) is 19.7 Å². The highest BCUT2D eigenvalue weighted by atomic mass is 15.3. The minimum atomic E-state index is 0.654. The number of anilines is 2. The van der Waals surface area contributed by atoms with Crippen molar-refractivity contribution in [2.45, 2.75) is 20.0 Å². The molecule has 0 saturated carbocycles. The van der Waals surface area contributed by atoms with Crippen LogP contribution in [-0.2, 0) is 13.1 Å². The summed E-state index contributed by atoms with van der Waals surface area (Å²) in [6.45, 7) is 3.60. The molecule has 90 valence electrons. The Morgan fingerprint density at radius 3 is 3.06 bits per heavy atom. The Labute approximate surface area is 100 Å². The molecule has 0 unspecified atom stereocenters. The van der Waals surface area contributed by atoms with Crippen molar-refractivity contribution in [3.05, 3.63) is 30.5 Å². The number of pyridine rings is 1. The Balaban J connectivity index is 2.02. The van der Waals surface area contributed by atoms with Gasteiger partial charge in [-0.3, -0.25) is 0 Å². The van der Waals surface area contributed by atoms with E-state index in [0.29, 0.717) is 6.54 Å². The van der Waals surface area contributed by atoms with Gasteiger partial charge in [0.2, 0.25) is 0 Å². The van der Waals surface area contributed by atoms with Gasteiger partial charge in [0.1, 0.15) is 12.1 Å². The van der Waals surface area contributed by atoms with Crippen LogP contribution in [0.4, 0.5) is 11.5 Å². The lowest BCUT2D eigenvalue weighted by Gasteiger charge is -2.08. The fourth-order valence-electron chi connectivity index (χ4n) is 1.54. The summed E-state index contributed by atoms with van der Waals surface area (Å²) in [5.74, 6) is 1.77. The molecule has 0 saturated heterocycles. The predicted octanol–water partition coefficient (Wildman–Crippen LogP) is 1.35. The lowest BCUT2D eigenvalue weighted by molar-refractivity contribution is 0.708. The topological polar surface area (TPSA) is 67.7 Å². The minimum Gasteiger partial charge on any atom is -0.378 e. The first-order chi connectivity index (χ1) is 8.33. The zero-order chi connectivity index (χ0) is 12.1. The number of rotatable bonds is 5. The van der Waals surface area contributed by atoms with E-state index in [4.69, 9.17) is 0 Å². The van der Waals surface area contributed by atoms with Crippen molar-refractivity contribution in [2.24, 2.45) is 0 Å². The Kier molecular flexibility index (Phi) is 3.54. The van der Waals surface area contributed by atoms with Crippen molar-refractivity contribution >= 4 is 11.5 Å². The van der Waals surface area contributed by atoms with Gasteiger partial charge in [-0.25, -0.2) is 4.98 Å². The van der Waals surface area contributed by atoms with Crippen LogP contribution in [0.1, 0.15) is 12.7 Å². The molecule has 0 radical (unpaired) electrons. The maximum atomic E-state index is 4.15.